The normalized spacial score (nSPS) is 17.2. The van der Waals surface area contributed by atoms with Crippen LogP contribution in [0.3, 0.4) is 0 Å². The molecule has 0 saturated carbocycles. The maximum absolute atomic E-state index is 12.1. The summed E-state index contributed by atoms with van der Waals surface area (Å²) in [6.45, 7) is 1.29. The number of rotatable bonds is 5. The lowest BCUT2D eigenvalue weighted by Gasteiger charge is -2.09. The fraction of sp³-hybridized carbons (Fsp3) is 0.333. The van der Waals surface area contributed by atoms with Crippen molar-refractivity contribution in [1.29, 1.82) is 0 Å². The van der Waals surface area contributed by atoms with Gasteiger partial charge in [-0.25, -0.2) is 4.98 Å². The number of nitrogens with zero attached hydrogens (tertiary/aromatic N) is 1. The van der Waals surface area contributed by atoms with Crippen LogP contribution >= 0.6 is 34.5 Å². The lowest BCUT2D eigenvalue weighted by molar-refractivity contribution is 0.0854. The molecule has 1 atom stereocenters. The smallest absolute Gasteiger partial charge is 0.270 e. The van der Waals surface area contributed by atoms with Gasteiger partial charge in [-0.2, -0.15) is 0 Å². The Morgan fingerprint density at radius 1 is 1.39 bits per heavy atom. The quantitative estimate of drug-likeness (QED) is 0.830. The molecule has 0 aliphatic carbocycles. The molecule has 1 saturated heterocycles. The van der Waals surface area contributed by atoms with E-state index in [0.29, 0.717) is 27.4 Å². The van der Waals surface area contributed by atoms with E-state index in [1.54, 1.807) is 23.6 Å². The number of carbonyl (C=O) groups is 1. The molecule has 1 aromatic carbocycles. The lowest BCUT2D eigenvalue weighted by atomic mass is 10.2. The molecule has 1 aliphatic heterocycles. The summed E-state index contributed by atoms with van der Waals surface area (Å²) in [6, 6.07) is 5.21. The topological polar surface area (TPSA) is 63.2 Å². The van der Waals surface area contributed by atoms with Crippen LogP contribution in [0.1, 0.15) is 23.3 Å². The van der Waals surface area contributed by atoms with E-state index in [-0.39, 0.29) is 12.0 Å². The van der Waals surface area contributed by atoms with Gasteiger partial charge in [0.05, 0.1) is 16.1 Å². The predicted octanol–water partition coefficient (Wildman–Crippen LogP) is 4.10. The predicted molar refractivity (Wildman–Crippen MR) is 93.2 cm³/mol. The maximum Gasteiger partial charge on any atom is 0.270 e. The average molecular weight is 372 g/mol. The Kier molecular flexibility index (Phi) is 5.38. The molecule has 2 aromatic rings. The summed E-state index contributed by atoms with van der Waals surface area (Å²) < 4.78 is 5.48. The SMILES string of the molecule is O=C(NCC1CCCO1)c1csc(Nc2ccc(Cl)c(Cl)c2)n1. The van der Waals surface area contributed by atoms with Crippen molar-refractivity contribution in [2.75, 3.05) is 18.5 Å². The fourth-order valence-electron chi connectivity index (χ4n) is 2.24. The van der Waals surface area contributed by atoms with Crippen molar-refractivity contribution in [2.45, 2.75) is 18.9 Å². The molecule has 0 radical (unpaired) electrons. The first kappa shape index (κ1) is 16.5. The minimum absolute atomic E-state index is 0.117. The summed E-state index contributed by atoms with van der Waals surface area (Å²) in [5.74, 6) is -0.195. The number of thiazole rings is 1. The number of carbonyl (C=O) groups excluding carboxylic acids is 1. The minimum Gasteiger partial charge on any atom is -0.376 e. The van der Waals surface area contributed by atoms with Crippen LogP contribution in [-0.2, 0) is 4.74 Å². The van der Waals surface area contributed by atoms with Crippen LogP contribution in [0.2, 0.25) is 10.0 Å². The third-order valence-corrected chi connectivity index (χ3v) is 4.92. The highest BCUT2D eigenvalue weighted by atomic mass is 35.5. The molecule has 1 aliphatic rings. The van der Waals surface area contributed by atoms with Crippen molar-refractivity contribution in [1.82, 2.24) is 10.3 Å². The molecule has 2 N–H and O–H groups in total. The zero-order chi connectivity index (χ0) is 16.2. The molecule has 1 unspecified atom stereocenters. The van der Waals surface area contributed by atoms with Gasteiger partial charge in [-0.1, -0.05) is 23.2 Å². The van der Waals surface area contributed by atoms with Crippen molar-refractivity contribution in [3.63, 3.8) is 0 Å². The van der Waals surface area contributed by atoms with Gasteiger partial charge in [-0.3, -0.25) is 4.79 Å². The van der Waals surface area contributed by atoms with Crippen molar-refractivity contribution in [3.05, 3.63) is 39.3 Å². The van der Waals surface area contributed by atoms with Gasteiger partial charge in [0.1, 0.15) is 5.69 Å². The summed E-state index contributed by atoms with van der Waals surface area (Å²) in [5.41, 5.74) is 1.15. The highest BCUT2D eigenvalue weighted by Gasteiger charge is 2.18. The number of ether oxygens (including phenoxy) is 1. The number of hydrogen-bond donors (Lipinski definition) is 2. The minimum atomic E-state index is -0.195. The van der Waals surface area contributed by atoms with Gasteiger partial charge in [0, 0.05) is 24.2 Å². The van der Waals surface area contributed by atoms with Gasteiger partial charge in [0.2, 0.25) is 0 Å². The highest BCUT2D eigenvalue weighted by Crippen LogP contribution is 2.28. The first-order valence-electron chi connectivity index (χ1n) is 7.19. The number of aromatic nitrogens is 1. The summed E-state index contributed by atoms with van der Waals surface area (Å²) in [4.78, 5) is 16.4. The Bertz CT molecular complexity index is 702. The van der Waals surface area contributed by atoms with Crippen molar-refractivity contribution >= 4 is 51.3 Å². The third-order valence-electron chi connectivity index (χ3n) is 3.42. The van der Waals surface area contributed by atoms with Crippen LogP contribution in [0.25, 0.3) is 0 Å². The molecule has 8 heteroatoms. The Labute approximate surface area is 148 Å². The summed E-state index contributed by atoms with van der Waals surface area (Å²) in [7, 11) is 0. The Balaban J connectivity index is 1.58. The lowest BCUT2D eigenvalue weighted by Crippen LogP contribution is -2.31. The first-order chi connectivity index (χ1) is 11.1. The molecular weight excluding hydrogens is 357 g/mol. The molecule has 2 heterocycles. The van der Waals surface area contributed by atoms with E-state index in [1.807, 2.05) is 0 Å². The van der Waals surface area contributed by atoms with Crippen molar-refractivity contribution in [3.8, 4) is 0 Å². The molecule has 1 aromatic heterocycles. The summed E-state index contributed by atoms with van der Waals surface area (Å²) >= 11 is 13.2. The number of benzene rings is 1. The zero-order valence-electron chi connectivity index (χ0n) is 12.1. The number of amides is 1. The van der Waals surface area contributed by atoms with Crippen LogP contribution in [0.5, 0.6) is 0 Å². The summed E-state index contributed by atoms with van der Waals surface area (Å²) in [5, 5.41) is 9.23. The van der Waals surface area contributed by atoms with E-state index in [0.717, 1.165) is 25.1 Å². The van der Waals surface area contributed by atoms with E-state index in [9.17, 15) is 4.79 Å². The molecule has 3 rings (SSSR count). The Morgan fingerprint density at radius 3 is 3.00 bits per heavy atom. The van der Waals surface area contributed by atoms with Crippen LogP contribution in [0, 0.1) is 0 Å². The second kappa shape index (κ2) is 7.49. The second-order valence-electron chi connectivity index (χ2n) is 5.14. The number of halogens is 2. The molecule has 23 heavy (non-hydrogen) atoms. The van der Waals surface area contributed by atoms with Gasteiger partial charge >= 0.3 is 0 Å². The monoisotopic (exact) mass is 371 g/mol. The van der Waals surface area contributed by atoms with Gasteiger partial charge < -0.3 is 15.4 Å². The second-order valence-corrected chi connectivity index (χ2v) is 6.81. The third kappa shape index (κ3) is 4.35. The van der Waals surface area contributed by atoms with Gasteiger partial charge in [0.25, 0.3) is 5.91 Å². The van der Waals surface area contributed by atoms with Gasteiger partial charge in [0.15, 0.2) is 5.13 Å². The molecule has 1 amide bonds. The standard InChI is InChI=1S/C15H15Cl2N3O2S/c16-11-4-3-9(6-12(11)17)19-15-20-13(8-23-15)14(21)18-7-10-2-1-5-22-10/h3-4,6,8,10H,1-2,5,7H2,(H,18,21)(H,19,20). The molecule has 0 bridgehead atoms. The first-order valence-corrected chi connectivity index (χ1v) is 8.83. The molecule has 122 valence electrons. The van der Waals surface area contributed by atoms with Crippen LogP contribution in [-0.4, -0.2) is 30.1 Å². The Morgan fingerprint density at radius 2 is 2.26 bits per heavy atom. The fourth-order valence-corrected chi connectivity index (χ4v) is 3.24. The molecular formula is C15H15Cl2N3O2S. The number of hydrogen-bond acceptors (Lipinski definition) is 5. The Hall–Kier alpha value is -1.34. The van der Waals surface area contributed by atoms with E-state index in [2.05, 4.69) is 15.6 Å². The number of nitrogens with one attached hydrogen (secondary N) is 2. The molecule has 5 nitrogen and oxygen atoms in total. The van der Waals surface area contributed by atoms with E-state index < -0.39 is 0 Å². The largest absolute Gasteiger partial charge is 0.376 e. The van der Waals surface area contributed by atoms with Crippen molar-refractivity contribution in [2.24, 2.45) is 0 Å². The van der Waals surface area contributed by atoms with Gasteiger partial charge in [-0.15, -0.1) is 11.3 Å². The molecule has 1 fully saturated rings. The number of anilines is 2. The zero-order valence-corrected chi connectivity index (χ0v) is 14.5. The van der Waals surface area contributed by atoms with E-state index >= 15 is 0 Å². The van der Waals surface area contributed by atoms with Crippen LogP contribution < -0.4 is 10.6 Å². The van der Waals surface area contributed by atoms with E-state index in [1.165, 1.54) is 11.3 Å². The molecule has 0 spiro atoms. The van der Waals surface area contributed by atoms with Crippen molar-refractivity contribution < 1.29 is 9.53 Å². The summed E-state index contributed by atoms with van der Waals surface area (Å²) in [6.07, 6.45) is 2.16. The van der Waals surface area contributed by atoms with E-state index in [4.69, 9.17) is 27.9 Å². The van der Waals surface area contributed by atoms with Crippen LogP contribution in [0.15, 0.2) is 23.6 Å². The average Bonchev–Trinajstić information content (AvgIpc) is 3.20. The highest BCUT2D eigenvalue weighted by molar-refractivity contribution is 7.14. The maximum atomic E-state index is 12.1. The van der Waals surface area contributed by atoms with Gasteiger partial charge in [-0.05, 0) is 31.0 Å². The van der Waals surface area contributed by atoms with Crippen LogP contribution in [0.4, 0.5) is 10.8 Å².